The van der Waals surface area contributed by atoms with E-state index in [1.165, 1.54) is 11.1 Å². The van der Waals surface area contributed by atoms with E-state index in [1.54, 1.807) is 0 Å². The number of nitrogens with one attached hydrogen (secondary N) is 1. The van der Waals surface area contributed by atoms with Crippen molar-refractivity contribution < 1.29 is 14.8 Å². The molecule has 0 fully saturated rings. The van der Waals surface area contributed by atoms with Crippen LogP contribution in [0.4, 0.5) is 0 Å². The van der Waals surface area contributed by atoms with Crippen molar-refractivity contribution in [2.24, 2.45) is 0 Å². The molecule has 0 radical (unpaired) electrons. The molecule has 0 bridgehead atoms. The Labute approximate surface area is 109 Å². The monoisotopic (exact) mass is 249 g/mol. The van der Waals surface area contributed by atoms with E-state index in [0.717, 1.165) is 18.0 Å². The Hall–Kier alpha value is -1.35. The highest BCUT2D eigenvalue weighted by Crippen LogP contribution is 2.21. The molecule has 3 nitrogen and oxygen atoms in total. The smallest absolute Gasteiger partial charge is 0.118 e. The maximum atomic E-state index is 10.6. The largest absolute Gasteiger partial charge is 0.544 e. The zero-order valence-electron chi connectivity index (χ0n) is 11.7. The fourth-order valence-corrected chi connectivity index (χ4v) is 1.93. The Balaban J connectivity index is 2.71. The second-order valence-corrected chi connectivity index (χ2v) is 5.78. The van der Waals surface area contributed by atoms with Gasteiger partial charge in [-0.05, 0) is 17.9 Å². The first-order chi connectivity index (χ1) is 8.32. The number of carboxylic acids is 1. The summed E-state index contributed by atoms with van der Waals surface area (Å²) in [7, 11) is 0. The molecule has 0 spiro atoms. The summed E-state index contributed by atoms with van der Waals surface area (Å²) in [5, 5.41) is 10.6. The van der Waals surface area contributed by atoms with Gasteiger partial charge in [-0.3, -0.25) is 0 Å². The molecule has 0 aliphatic rings. The molecule has 0 aliphatic heterocycles. The molecule has 3 heteroatoms. The average Bonchev–Trinajstić information content (AvgIpc) is 2.27. The zero-order valence-corrected chi connectivity index (χ0v) is 11.7. The van der Waals surface area contributed by atoms with Gasteiger partial charge in [-0.15, -0.1) is 0 Å². The van der Waals surface area contributed by atoms with E-state index in [9.17, 15) is 9.90 Å². The summed E-state index contributed by atoms with van der Waals surface area (Å²) in [5.41, 5.74) is 2.62. The average molecular weight is 249 g/mol. The fourth-order valence-electron chi connectivity index (χ4n) is 1.93. The van der Waals surface area contributed by atoms with E-state index in [2.05, 4.69) is 45.0 Å². The summed E-state index contributed by atoms with van der Waals surface area (Å²) in [6.07, 6.45) is 0. The molecule has 100 valence electrons. The van der Waals surface area contributed by atoms with E-state index in [4.69, 9.17) is 0 Å². The van der Waals surface area contributed by atoms with Crippen LogP contribution in [0.5, 0.6) is 0 Å². The second-order valence-electron chi connectivity index (χ2n) is 5.78. The predicted molar refractivity (Wildman–Crippen MR) is 70.2 cm³/mol. The molecule has 1 aromatic carbocycles. The van der Waals surface area contributed by atoms with Crippen molar-refractivity contribution in [2.75, 3.05) is 13.1 Å². The molecule has 1 N–H and O–H groups in total. The number of benzene rings is 1. The van der Waals surface area contributed by atoms with Crippen LogP contribution in [0.3, 0.4) is 0 Å². The maximum absolute atomic E-state index is 10.6. The van der Waals surface area contributed by atoms with Crippen LogP contribution >= 0.6 is 0 Å². The van der Waals surface area contributed by atoms with E-state index < -0.39 is 5.97 Å². The lowest BCUT2D eigenvalue weighted by atomic mass is 9.87. The molecule has 0 saturated heterocycles. The molecule has 18 heavy (non-hydrogen) atoms. The normalized spacial score (nSPS) is 13.3. The number of carbonyl (C=O) groups excluding carboxylic acids is 1. The van der Waals surface area contributed by atoms with Crippen molar-refractivity contribution in [1.29, 1.82) is 0 Å². The van der Waals surface area contributed by atoms with Crippen LogP contribution in [0.25, 0.3) is 0 Å². The van der Waals surface area contributed by atoms with Crippen molar-refractivity contribution >= 4 is 5.97 Å². The van der Waals surface area contributed by atoms with Gasteiger partial charge in [0.15, 0.2) is 0 Å². The highest BCUT2D eigenvalue weighted by Gasteiger charge is 2.14. The summed E-state index contributed by atoms with van der Waals surface area (Å²) >= 11 is 0. The molecule has 1 rings (SSSR count). The minimum Gasteiger partial charge on any atom is -0.544 e. The molecule has 1 atom stereocenters. The van der Waals surface area contributed by atoms with Gasteiger partial charge in [0.25, 0.3) is 0 Å². The van der Waals surface area contributed by atoms with Crippen LogP contribution < -0.4 is 10.0 Å². The SMILES string of the molecule is CC[NH+](CC(=O)[O-])Cc1ccc(C(C)(C)C)cc1. The van der Waals surface area contributed by atoms with Gasteiger partial charge in [0.1, 0.15) is 13.1 Å². The number of carboxylic acid groups (broad SMARTS) is 1. The lowest BCUT2D eigenvalue weighted by molar-refractivity contribution is -0.906. The Morgan fingerprint density at radius 1 is 1.22 bits per heavy atom. The standard InChI is InChI=1S/C15H23NO2/c1-5-16(11-14(17)18)10-12-6-8-13(9-7-12)15(2,3)4/h6-9H,5,10-11H2,1-4H3,(H,17,18). The van der Waals surface area contributed by atoms with Crippen molar-refractivity contribution in [1.82, 2.24) is 0 Å². The number of rotatable bonds is 5. The van der Waals surface area contributed by atoms with Crippen molar-refractivity contribution in [3.05, 3.63) is 35.4 Å². The van der Waals surface area contributed by atoms with Gasteiger partial charge in [0.2, 0.25) is 0 Å². The molecular weight excluding hydrogens is 226 g/mol. The fraction of sp³-hybridized carbons (Fsp3) is 0.533. The van der Waals surface area contributed by atoms with Gasteiger partial charge in [-0.1, -0.05) is 45.0 Å². The van der Waals surface area contributed by atoms with Crippen LogP contribution in [0.2, 0.25) is 0 Å². The number of carbonyl (C=O) groups is 1. The molecule has 0 aliphatic carbocycles. The maximum Gasteiger partial charge on any atom is 0.118 e. The van der Waals surface area contributed by atoms with Crippen LogP contribution in [-0.4, -0.2) is 19.1 Å². The third-order valence-corrected chi connectivity index (χ3v) is 3.17. The zero-order chi connectivity index (χ0) is 13.8. The first-order valence-electron chi connectivity index (χ1n) is 6.45. The summed E-state index contributed by atoms with van der Waals surface area (Å²) in [5.74, 6) is -0.988. The first kappa shape index (κ1) is 14.7. The van der Waals surface area contributed by atoms with Gasteiger partial charge in [0, 0.05) is 5.56 Å². The van der Waals surface area contributed by atoms with Gasteiger partial charge < -0.3 is 14.8 Å². The van der Waals surface area contributed by atoms with Crippen molar-refractivity contribution in [3.63, 3.8) is 0 Å². The quantitative estimate of drug-likeness (QED) is 0.807. The highest BCUT2D eigenvalue weighted by atomic mass is 16.4. The second kappa shape index (κ2) is 6.01. The number of quaternary nitrogens is 1. The van der Waals surface area contributed by atoms with Crippen molar-refractivity contribution in [3.8, 4) is 0 Å². The minimum absolute atomic E-state index is 0.0670. The predicted octanol–water partition coefficient (Wildman–Crippen LogP) is 0.139. The Kier molecular flexibility index (Phi) is 4.91. The molecule has 0 aromatic heterocycles. The number of hydrogen-bond acceptors (Lipinski definition) is 2. The Bertz CT molecular complexity index is 390. The van der Waals surface area contributed by atoms with Crippen LogP contribution in [0.15, 0.2) is 24.3 Å². The van der Waals surface area contributed by atoms with Gasteiger partial charge in [-0.25, -0.2) is 0 Å². The lowest BCUT2D eigenvalue weighted by Gasteiger charge is -2.21. The van der Waals surface area contributed by atoms with Crippen LogP contribution in [0, 0.1) is 0 Å². The number of aliphatic carboxylic acids is 1. The Morgan fingerprint density at radius 2 is 1.78 bits per heavy atom. The lowest BCUT2D eigenvalue weighted by Crippen LogP contribution is -3.11. The molecule has 1 unspecified atom stereocenters. The van der Waals surface area contributed by atoms with E-state index in [0.29, 0.717) is 0 Å². The van der Waals surface area contributed by atoms with Crippen LogP contribution in [0.1, 0.15) is 38.8 Å². The van der Waals surface area contributed by atoms with Gasteiger partial charge in [0.05, 0.1) is 12.5 Å². The topological polar surface area (TPSA) is 44.6 Å². The molecule has 1 aromatic rings. The third-order valence-electron chi connectivity index (χ3n) is 3.17. The highest BCUT2D eigenvalue weighted by molar-refractivity contribution is 5.65. The molecular formula is C15H23NO2. The van der Waals surface area contributed by atoms with Gasteiger partial charge in [-0.2, -0.15) is 0 Å². The number of hydrogen-bond donors (Lipinski definition) is 1. The minimum atomic E-state index is -0.988. The summed E-state index contributed by atoms with van der Waals surface area (Å²) in [6.45, 7) is 10.1. The van der Waals surface area contributed by atoms with E-state index in [-0.39, 0.29) is 12.0 Å². The van der Waals surface area contributed by atoms with Crippen molar-refractivity contribution in [2.45, 2.75) is 39.7 Å². The van der Waals surface area contributed by atoms with E-state index >= 15 is 0 Å². The molecule has 0 heterocycles. The number of likely N-dealkylation sites (N-methyl/N-ethyl adjacent to an activating group) is 1. The summed E-state index contributed by atoms with van der Waals surface area (Å²) in [4.78, 5) is 11.6. The summed E-state index contributed by atoms with van der Waals surface area (Å²) in [6, 6.07) is 8.43. The molecule has 0 saturated carbocycles. The van der Waals surface area contributed by atoms with Gasteiger partial charge >= 0.3 is 0 Å². The molecule has 0 amide bonds. The Morgan fingerprint density at radius 3 is 2.17 bits per heavy atom. The third kappa shape index (κ3) is 4.49. The van der Waals surface area contributed by atoms with E-state index in [1.807, 2.05) is 6.92 Å². The van der Waals surface area contributed by atoms with Crippen LogP contribution in [-0.2, 0) is 16.8 Å². The summed E-state index contributed by atoms with van der Waals surface area (Å²) < 4.78 is 0. The first-order valence-corrected chi connectivity index (χ1v) is 6.45.